The van der Waals surface area contributed by atoms with Crippen molar-refractivity contribution in [2.75, 3.05) is 13.7 Å². The lowest BCUT2D eigenvalue weighted by molar-refractivity contribution is 0.0906. The maximum absolute atomic E-state index is 12.0. The quantitative estimate of drug-likeness (QED) is 0.889. The highest BCUT2D eigenvalue weighted by molar-refractivity contribution is 5.74. The van der Waals surface area contributed by atoms with E-state index in [2.05, 4.69) is 5.32 Å². The van der Waals surface area contributed by atoms with Crippen LogP contribution in [0, 0.1) is 0 Å². The highest BCUT2D eigenvalue weighted by Gasteiger charge is 2.30. The lowest BCUT2D eigenvalue weighted by atomic mass is 10.1. The third-order valence-corrected chi connectivity index (χ3v) is 3.44. The van der Waals surface area contributed by atoms with Gasteiger partial charge in [-0.05, 0) is 18.9 Å². The molecular formula is C14H20N2O2. The van der Waals surface area contributed by atoms with E-state index in [9.17, 15) is 4.79 Å². The number of hydrogen-bond donors (Lipinski definition) is 1. The van der Waals surface area contributed by atoms with Gasteiger partial charge >= 0.3 is 6.03 Å². The second-order valence-corrected chi connectivity index (χ2v) is 4.69. The number of nitrogens with one attached hydrogen (secondary N) is 1. The zero-order valence-corrected chi connectivity index (χ0v) is 10.9. The minimum Gasteiger partial charge on any atom is -0.376 e. The van der Waals surface area contributed by atoms with Crippen molar-refractivity contribution >= 4 is 6.03 Å². The number of rotatable bonds is 3. The summed E-state index contributed by atoms with van der Waals surface area (Å²) in [5.74, 6) is 0. The second kappa shape index (κ2) is 5.87. The van der Waals surface area contributed by atoms with Crippen LogP contribution in [-0.4, -0.2) is 36.7 Å². The summed E-state index contributed by atoms with van der Waals surface area (Å²) in [5.41, 5.74) is 1.11. The molecule has 1 heterocycles. The van der Waals surface area contributed by atoms with Gasteiger partial charge in [0.2, 0.25) is 0 Å². The molecule has 0 aliphatic carbocycles. The topological polar surface area (TPSA) is 41.6 Å². The van der Waals surface area contributed by atoms with Crippen molar-refractivity contribution < 1.29 is 9.53 Å². The van der Waals surface area contributed by atoms with Crippen LogP contribution in [0.15, 0.2) is 30.3 Å². The SMILES string of the molecule is CC1OCCC1N(C)C(=O)NCc1ccccc1. The Bertz CT molecular complexity index is 394. The molecule has 1 aromatic carbocycles. The highest BCUT2D eigenvalue weighted by Crippen LogP contribution is 2.18. The minimum atomic E-state index is -0.0406. The Hall–Kier alpha value is -1.55. The predicted molar refractivity (Wildman–Crippen MR) is 70.3 cm³/mol. The van der Waals surface area contributed by atoms with Crippen molar-refractivity contribution in [2.45, 2.75) is 32.0 Å². The Morgan fingerprint density at radius 1 is 1.44 bits per heavy atom. The number of urea groups is 1. The molecule has 2 unspecified atom stereocenters. The van der Waals surface area contributed by atoms with Crippen LogP contribution < -0.4 is 5.32 Å². The van der Waals surface area contributed by atoms with Crippen LogP contribution in [-0.2, 0) is 11.3 Å². The molecule has 0 radical (unpaired) electrons. The van der Waals surface area contributed by atoms with Gasteiger partial charge in [0, 0.05) is 20.2 Å². The molecule has 2 rings (SSSR count). The van der Waals surface area contributed by atoms with E-state index in [0.717, 1.165) is 18.6 Å². The van der Waals surface area contributed by atoms with Gasteiger partial charge in [0.05, 0.1) is 12.1 Å². The van der Waals surface area contributed by atoms with Gasteiger partial charge in [-0.3, -0.25) is 0 Å². The van der Waals surface area contributed by atoms with Crippen LogP contribution >= 0.6 is 0 Å². The molecule has 1 fully saturated rings. The normalized spacial score (nSPS) is 22.8. The van der Waals surface area contributed by atoms with Gasteiger partial charge in [0.25, 0.3) is 0 Å². The molecule has 4 heteroatoms. The third kappa shape index (κ3) is 3.01. The van der Waals surface area contributed by atoms with Crippen molar-refractivity contribution in [1.29, 1.82) is 0 Å². The van der Waals surface area contributed by atoms with Crippen molar-refractivity contribution in [3.8, 4) is 0 Å². The van der Waals surface area contributed by atoms with Gasteiger partial charge in [-0.1, -0.05) is 30.3 Å². The first kappa shape index (κ1) is 12.9. The number of nitrogens with zero attached hydrogens (tertiary/aromatic N) is 1. The van der Waals surface area contributed by atoms with Gasteiger partial charge < -0.3 is 15.0 Å². The zero-order valence-electron chi connectivity index (χ0n) is 10.9. The standard InChI is InChI=1S/C14H20N2O2/c1-11-13(8-9-18-11)16(2)14(17)15-10-12-6-4-3-5-7-12/h3-7,11,13H,8-10H2,1-2H3,(H,15,17). The fourth-order valence-corrected chi connectivity index (χ4v) is 2.28. The Kier molecular flexibility index (Phi) is 4.20. The monoisotopic (exact) mass is 248 g/mol. The summed E-state index contributed by atoms with van der Waals surface area (Å²) in [5, 5.41) is 2.93. The highest BCUT2D eigenvalue weighted by atomic mass is 16.5. The van der Waals surface area contributed by atoms with E-state index < -0.39 is 0 Å². The van der Waals surface area contributed by atoms with Crippen LogP contribution in [0.3, 0.4) is 0 Å². The van der Waals surface area contributed by atoms with Crippen molar-refractivity contribution in [3.63, 3.8) is 0 Å². The van der Waals surface area contributed by atoms with Gasteiger partial charge in [-0.2, -0.15) is 0 Å². The van der Waals surface area contributed by atoms with Crippen LogP contribution in [0.4, 0.5) is 4.79 Å². The maximum atomic E-state index is 12.0. The van der Waals surface area contributed by atoms with Gasteiger partial charge in [-0.25, -0.2) is 4.79 Å². The summed E-state index contributed by atoms with van der Waals surface area (Å²) >= 11 is 0. The molecule has 18 heavy (non-hydrogen) atoms. The van der Waals surface area contributed by atoms with Crippen LogP contribution in [0.5, 0.6) is 0 Å². The van der Waals surface area contributed by atoms with Crippen molar-refractivity contribution in [2.24, 2.45) is 0 Å². The van der Waals surface area contributed by atoms with Gasteiger partial charge in [-0.15, -0.1) is 0 Å². The summed E-state index contributed by atoms with van der Waals surface area (Å²) in [6.07, 6.45) is 1.04. The molecule has 0 aromatic heterocycles. The summed E-state index contributed by atoms with van der Waals surface area (Å²) < 4.78 is 5.48. The van der Waals surface area contributed by atoms with Crippen LogP contribution in [0.2, 0.25) is 0 Å². The van der Waals surface area contributed by atoms with Crippen molar-refractivity contribution in [1.82, 2.24) is 10.2 Å². The molecule has 0 bridgehead atoms. The number of amides is 2. The maximum Gasteiger partial charge on any atom is 0.317 e. The van der Waals surface area contributed by atoms with E-state index in [1.807, 2.05) is 44.3 Å². The lowest BCUT2D eigenvalue weighted by Gasteiger charge is -2.26. The molecule has 1 N–H and O–H groups in total. The zero-order chi connectivity index (χ0) is 13.0. The Labute approximate surface area is 108 Å². The molecular weight excluding hydrogens is 228 g/mol. The first-order valence-corrected chi connectivity index (χ1v) is 6.34. The second-order valence-electron chi connectivity index (χ2n) is 4.69. The Morgan fingerprint density at radius 3 is 2.78 bits per heavy atom. The summed E-state index contributed by atoms with van der Waals surface area (Å²) in [6.45, 7) is 3.31. The summed E-state index contributed by atoms with van der Waals surface area (Å²) in [7, 11) is 1.83. The van der Waals surface area contributed by atoms with E-state index in [4.69, 9.17) is 4.74 Å². The Morgan fingerprint density at radius 2 is 2.17 bits per heavy atom. The number of hydrogen-bond acceptors (Lipinski definition) is 2. The summed E-state index contributed by atoms with van der Waals surface area (Å²) in [6, 6.07) is 10.1. The molecule has 2 amide bonds. The number of carbonyl (C=O) groups is 1. The largest absolute Gasteiger partial charge is 0.376 e. The van der Waals surface area contributed by atoms with E-state index in [1.54, 1.807) is 4.90 Å². The molecule has 1 aliphatic heterocycles. The van der Waals surface area contributed by atoms with E-state index in [1.165, 1.54) is 0 Å². The lowest BCUT2D eigenvalue weighted by Crippen LogP contribution is -2.46. The third-order valence-electron chi connectivity index (χ3n) is 3.44. The van der Waals surface area contributed by atoms with E-state index >= 15 is 0 Å². The van der Waals surface area contributed by atoms with Gasteiger partial charge in [0.15, 0.2) is 0 Å². The molecule has 1 aromatic rings. The average Bonchev–Trinajstić information content (AvgIpc) is 2.82. The minimum absolute atomic E-state index is 0.0406. The fraction of sp³-hybridized carbons (Fsp3) is 0.500. The first-order valence-electron chi connectivity index (χ1n) is 6.34. The van der Waals surface area contributed by atoms with Crippen molar-refractivity contribution in [3.05, 3.63) is 35.9 Å². The number of carbonyl (C=O) groups excluding carboxylic acids is 1. The molecule has 1 saturated heterocycles. The fourth-order valence-electron chi connectivity index (χ4n) is 2.28. The van der Waals surface area contributed by atoms with E-state index in [0.29, 0.717) is 6.54 Å². The Balaban J connectivity index is 1.84. The molecule has 4 nitrogen and oxygen atoms in total. The first-order chi connectivity index (χ1) is 8.68. The number of likely N-dealkylation sites (N-methyl/N-ethyl adjacent to an activating group) is 1. The number of ether oxygens (including phenoxy) is 1. The smallest absolute Gasteiger partial charge is 0.317 e. The molecule has 1 aliphatic rings. The molecule has 98 valence electrons. The molecule has 2 atom stereocenters. The van der Waals surface area contributed by atoms with Crippen LogP contribution in [0.25, 0.3) is 0 Å². The summed E-state index contributed by atoms with van der Waals surface area (Å²) in [4.78, 5) is 13.8. The van der Waals surface area contributed by atoms with E-state index in [-0.39, 0.29) is 18.2 Å². The molecule has 0 spiro atoms. The van der Waals surface area contributed by atoms with Gasteiger partial charge in [0.1, 0.15) is 0 Å². The predicted octanol–water partition coefficient (Wildman–Crippen LogP) is 2.01. The number of benzene rings is 1. The molecule has 0 saturated carbocycles. The van der Waals surface area contributed by atoms with Crippen LogP contribution in [0.1, 0.15) is 18.9 Å². The average molecular weight is 248 g/mol.